The van der Waals surface area contributed by atoms with Gasteiger partial charge in [-0.3, -0.25) is 0 Å². The molecule has 0 saturated heterocycles. The fraction of sp³-hybridized carbons (Fsp3) is 0.400. The summed E-state index contributed by atoms with van der Waals surface area (Å²) in [5, 5.41) is 10.4. The minimum atomic E-state index is 0.349. The van der Waals surface area contributed by atoms with Crippen molar-refractivity contribution in [2.75, 3.05) is 12.4 Å². The number of aryl methyl sites for hydroxylation is 1. The standard InChI is InChI=1S/C10H13BrO2/c1-13-9-4-5-10(12)8(7-9)3-2-6-11/h4-5,7,12H,2-3,6H2,1H3. The van der Waals surface area contributed by atoms with Gasteiger partial charge in [0.05, 0.1) is 7.11 Å². The van der Waals surface area contributed by atoms with Crippen LogP contribution >= 0.6 is 15.9 Å². The zero-order valence-electron chi connectivity index (χ0n) is 7.59. The molecule has 3 heteroatoms. The number of hydrogen-bond acceptors (Lipinski definition) is 2. The Bertz CT molecular complexity index is 274. The van der Waals surface area contributed by atoms with E-state index in [1.807, 2.05) is 6.07 Å². The van der Waals surface area contributed by atoms with Crippen LogP contribution in [0.2, 0.25) is 0 Å². The van der Waals surface area contributed by atoms with Gasteiger partial charge in [-0.05, 0) is 36.6 Å². The molecule has 2 nitrogen and oxygen atoms in total. The minimum Gasteiger partial charge on any atom is -0.508 e. The van der Waals surface area contributed by atoms with Gasteiger partial charge in [0.1, 0.15) is 11.5 Å². The molecule has 0 bridgehead atoms. The molecule has 0 spiro atoms. The first-order chi connectivity index (χ1) is 6.27. The molecule has 0 atom stereocenters. The lowest BCUT2D eigenvalue weighted by atomic mass is 10.1. The van der Waals surface area contributed by atoms with Crippen molar-refractivity contribution in [3.8, 4) is 11.5 Å². The van der Waals surface area contributed by atoms with E-state index < -0.39 is 0 Å². The second kappa shape index (κ2) is 5.12. The van der Waals surface area contributed by atoms with Gasteiger partial charge < -0.3 is 9.84 Å². The number of aromatic hydroxyl groups is 1. The molecule has 1 rings (SSSR count). The maximum atomic E-state index is 9.49. The van der Waals surface area contributed by atoms with Crippen LogP contribution in [-0.4, -0.2) is 17.5 Å². The van der Waals surface area contributed by atoms with Crippen LogP contribution in [0.4, 0.5) is 0 Å². The molecule has 13 heavy (non-hydrogen) atoms. The van der Waals surface area contributed by atoms with Gasteiger partial charge in [0.25, 0.3) is 0 Å². The molecule has 0 radical (unpaired) electrons. The first kappa shape index (κ1) is 10.4. The Balaban J connectivity index is 2.78. The largest absolute Gasteiger partial charge is 0.508 e. The van der Waals surface area contributed by atoms with Crippen molar-refractivity contribution in [1.29, 1.82) is 0 Å². The third-order valence-electron chi connectivity index (χ3n) is 1.87. The summed E-state index contributed by atoms with van der Waals surface area (Å²) in [5.41, 5.74) is 0.943. The van der Waals surface area contributed by atoms with E-state index in [0.29, 0.717) is 5.75 Å². The summed E-state index contributed by atoms with van der Waals surface area (Å²) in [4.78, 5) is 0. The minimum absolute atomic E-state index is 0.349. The second-order valence-corrected chi connectivity index (χ2v) is 3.58. The van der Waals surface area contributed by atoms with Crippen LogP contribution in [0.1, 0.15) is 12.0 Å². The second-order valence-electron chi connectivity index (χ2n) is 2.79. The van der Waals surface area contributed by atoms with Crippen molar-refractivity contribution >= 4 is 15.9 Å². The first-order valence-corrected chi connectivity index (χ1v) is 5.32. The fourth-order valence-corrected chi connectivity index (χ4v) is 1.43. The Labute approximate surface area is 86.7 Å². The molecular formula is C10H13BrO2. The number of ether oxygens (including phenoxy) is 1. The summed E-state index contributed by atoms with van der Waals surface area (Å²) in [6.07, 6.45) is 1.88. The van der Waals surface area contributed by atoms with E-state index in [0.717, 1.165) is 29.5 Å². The molecule has 0 unspecified atom stereocenters. The average Bonchev–Trinajstić information content (AvgIpc) is 2.17. The van der Waals surface area contributed by atoms with Crippen LogP contribution in [0.3, 0.4) is 0 Å². The molecular weight excluding hydrogens is 232 g/mol. The molecule has 0 fully saturated rings. The number of benzene rings is 1. The quantitative estimate of drug-likeness (QED) is 0.826. The Kier molecular flexibility index (Phi) is 4.09. The van der Waals surface area contributed by atoms with Gasteiger partial charge in [0, 0.05) is 5.33 Å². The number of phenols is 1. The molecule has 0 aliphatic carbocycles. The van der Waals surface area contributed by atoms with E-state index in [2.05, 4.69) is 15.9 Å². The van der Waals surface area contributed by atoms with Gasteiger partial charge in [-0.2, -0.15) is 0 Å². The predicted molar refractivity (Wildman–Crippen MR) is 56.8 cm³/mol. The van der Waals surface area contributed by atoms with E-state index in [1.54, 1.807) is 19.2 Å². The molecule has 72 valence electrons. The summed E-state index contributed by atoms with van der Waals surface area (Å²) in [7, 11) is 1.63. The SMILES string of the molecule is COc1ccc(O)c(CCCBr)c1. The van der Waals surface area contributed by atoms with Gasteiger partial charge in [-0.15, -0.1) is 0 Å². The molecule has 0 saturated carbocycles. The lowest BCUT2D eigenvalue weighted by Crippen LogP contribution is -1.89. The first-order valence-electron chi connectivity index (χ1n) is 4.19. The number of phenolic OH excluding ortho intramolecular Hbond substituents is 1. The van der Waals surface area contributed by atoms with Crippen molar-refractivity contribution in [3.63, 3.8) is 0 Å². The number of alkyl halides is 1. The van der Waals surface area contributed by atoms with Gasteiger partial charge in [0.2, 0.25) is 0 Å². The Hall–Kier alpha value is -0.700. The van der Waals surface area contributed by atoms with Crippen molar-refractivity contribution < 1.29 is 9.84 Å². The molecule has 0 heterocycles. The Morgan fingerprint density at radius 3 is 2.85 bits per heavy atom. The van der Waals surface area contributed by atoms with Crippen molar-refractivity contribution in [3.05, 3.63) is 23.8 Å². The van der Waals surface area contributed by atoms with Crippen LogP contribution in [-0.2, 0) is 6.42 Å². The van der Waals surface area contributed by atoms with Gasteiger partial charge >= 0.3 is 0 Å². The number of methoxy groups -OCH3 is 1. The zero-order valence-corrected chi connectivity index (χ0v) is 9.17. The monoisotopic (exact) mass is 244 g/mol. The Morgan fingerprint density at radius 2 is 2.23 bits per heavy atom. The van der Waals surface area contributed by atoms with Gasteiger partial charge in [0.15, 0.2) is 0 Å². The highest BCUT2D eigenvalue weighted by atomic mass is 79.9. The molecule has 0 aliphatic rings. The van der Waals surface area contributed by atoms with Crippen molar-refractivity contribution in [1.82, 2.24) is 0 Å². The summed E-state index contributed by atoms with van der Waals surface area (Å²) < 4.78 is 5.07. The van der Waals surface area contributed by atoms with E-state index >= 15 is 0 Å². The average molecular weight is 245 g/mol. The van der Waals surface area contributed by atoms with Crippen molar-refractivity contribution in [2.24, 2.45) is 0 Å². The van der Waals surface area contributed by atoms with Crippen LogP contribution < -0.4 is 4.74 Å². The molecule has 1 N–H and O–H groups in total. The maximum Gasteiger partial charge on any atom is 0.119 e. The highest BCUT2D eigenvalue weighted by Crippen LogP contribution is 2.23. The topological polar surface area (TPSA) is 29.5 Å². The van der Waals surface area contributed by atoms with E-state index in [1.165, 1.54) is 0 Å². The van der Waals surface area contributed by atoms with Crippen LogP contribution in [0.15, 0.2) is 18.2 Å². The smallest absolute Gasteiger partial charge is 0.119 e. The predicted octanol–water partition coefficient (Wildman–Crippen LogP) is 2.73. The lowest BCUT2D eigenvalue weighted by molar-refractivity contribution is 0.410. The van der Waals surface area contributed by atoms with E-state index in [-0.39, 0.29) is 0 Å². The summed E-state index contributed by atoms with van der Waals surface area (Å²) in [6.45, 7) is 0. The Morgan fingerprint density at radius 1 is 1.46 bits per heavy atom. The third-order valence-corrected chi connectivity index (χ3v) is 2.43. The van der Waals surface area contributed by atoms with Crippen LogP contribution in [0, 0.1) is 0 Å². The highest BCUT2D eigenvalue weighted by Gasteiger charge is 2.02. The number of rotatable bonds is 4. The van der Waals surface area contributed by atoms with E-state index in [4.69, 9.17) is 4.74 Å². The molecule has 0 aromatic heterocycles. The summed E-state index contributed by atoms with van der Waals surface area (Å²) in [5.74, 6) is 1.14. The summed E-state index contributed by atoms with van der Waals surface area (Å²) in [6, 6.07) is 5.30. The maximum absolute atomic E-state index is 9.49. The normalized spacial score (nSPS) is 10.0. The lowest BCUT2D eigenvalue weighted by Gasteiger charge is -2.05. The molecule has 0 amide bonds. The fourth-order valence-electron chi connectivity index (χ4n) is 1.15. The van der Waals surface area contributed by atoms with Crippen LogP contribution in [0.5, 0.6) is 11.5 Å². The highest BCUT2D eigenvalue weighted by molar-refractivity contribution is 9.09. The molecule has 1 aromatic carbocycles. The third kappa shape index (κ3) is 2.92. The number of hydrogen-bond donors (Lipinski definition) is 1. The van der Waals surface area contributed by atoms with Crippen molar-refractivity contribution in [2.45, 2.75) is 12.8 Å². The zero-order chi connectivity index (χ0) is 9.68. The molecule has 0 aliphatic heterocycles. The van der Waals surface area contributed by atoms with E-state index in [9.17, 15) is 5.11 Å². The van der Waals surface area contributed by atoms with Crippen LogP contribution in [0.25, 0.3) is 0 Å². The number of halogens is 1. The van der Waals surface area contributed by atoms with Gasteiger partial charge in [-0.1, -0.05) is 15.9 Å². The van der Waals surface area contributed by atoms with Gasteiger partial charge in [-0.25, -0.2) is 0 Å². The molecule has 1 aromatic rings. The summed E-state index contributed by atoms with van der Waals surface area (Å²) >= 11 is 3.35.